The molecule has 0 aromatic heterocycles. The van der Waals surface area contributed by atoms with Crippen LogP contribution >= 0.6 is 0 Å². The Morgan fingerprint density at radius 1 is 1.11 bits per heavy atom. The third-order valence-corrected chi connectivity index (χ3v) is 4.93. The van der Waals surface area contributed by atoms with Crippen molar-refractivity contribution in [2.75, 3.05) is 33.4 Å². The van der Waals surface area contributed by atoms with Gasteiger partial charge in [0.2, 0.25) is 0 Å². The van der Waals surface area contributed by atoms with E-state index < -0.39 is 0 Å². The highest BCUT2D eigenvalue weighted by molar-refractivity contribution is 4.91. The average Bonchev–Trinajstić information content (AvgIpc) is 2.48. The molecule has 0 radical (unpaired) electrons. The molecular weight excluding hydrogens is 242 g/mol. The highest BCUT2D eigenvalue weighted by atomic mass is 16.5. The molecule has 0 spiro atoms. The topological polar surface area (TPSA) is 30.9 Å². The number of rotatable bonds is 3. The molecule has 1 saturated carbocycles. The SMILES string of the molecule is CO[C@@H]1CC[C@@H]2OCCN(C[C@H]3CCCCO3)[C@H]2C1. The van der Waals surface area contributed by atoms with Crippen molar-refractivity contribution in [2.24, 2.45) is 0 Å². The number of methoxy groups -OCH3 is 1. The third-order valence-electron chi connectivity index (χ3n) is 4.93. The zero-order chi connectivity index (χ0) is 13.1. The van der Waals surface area contributed by atoms with Crippen LogP contribution in [0.1, 0.15) is 38.5 Å². The fraction of sp³-hybridized carbons (Fsp3) is 1.00. The first-order valence-corrected chi connectivity index (χ1v) is 7.87. The van der Waals surface area contributed by atoms with Gasteiger partial charge in [0.25, 0.3) is 0 Å². The maximum Gasteiger partial charge on any atom is 0.0732 e. The third kappa shape index (κ3) is 3.30. The number of fused-ring (bicyclic) bond motifs is 1. The van der Waals surface area contributed by atoms with Crippen LogP contribution in [-0.2, 0) is 14.2 Å². The molecule has 2 heterocycles. The molecule has 2 aliphatic heterocycles. The van der Waals surface area contributed by atoms with Gasteiger partial charge in [-0.2, -0.15) is 0 Å². The lowest BCUT2D eigenvalue weighted by Gasteiger charge is -2.46. The first-order chi connectivity index (χ1) is 9.36. The van der Waals surface area contributed by atoms with Crippen molar-refractivity contribution in [2.45, 2.75) is 62.9 Å². The molecule has 0 amide bonds. The molecular formula is C15H27NO3. The average molecular weight is 269 g/mol. The first-order valence-electron chi connectivity index (χ1n) is 7.87. The Kier molecular flexibility index (Phi) is 4.74. The summed E-state index contributed by atoms with van der Waals surface area (Å²) in [6.45, 7) is 3.97. The summed E-state index contributed by atoms with van der Waals surface area (Å²) in [5.74, 6) is 0. The number of nitrogens with zero attached hydrogens (tertiary/aromatic N) is 1. The van der Waals surface area contributed by atoms with Crippen molar-refractivity contribution in [3.05, 3.63) is 0 Å². The van der Waals surface area contributed by atoms with Gasteiger partial charge in [0, 0.05) is 32.8 Å². The molecule has 0 aromatic rings. The maximum absolute atomic E-state index is 5.96. The van der Waals surface area contributed by atoms with Gasteiger partial charge in [-0.05, 0) is 38.5 Å². The predicted octanol–water partition coefficient (Wildman–Crippen LogP) is 1.82. The van der Waals surface area contributed by atoms with Crippen molar-refractivity contribution in [1.82, 2.24) is 4.90 Å². The molecule has 0 aromatic carbocycles. The second-order valence-corrected chi connectivity index (χ2v) is 6.13. The highest BCUT2D eigenvalue weighted by Crippen LogP contribution is 2.30. The van der Waals surface area contributed by atoms with E-state index in [1.165, 1.54) is 19.3 Å². The minimum absolute atomic E-state index is 0.415. The van der Waals surface area contributed by atoms with E-state index in [1.807, 2.05) is 7.11 Å². The molecule has 4 atom stereocenters. The Morgan fingerprint density at radius 3 is 2.84 bits per heavy atom. The quantitative estimate of drug-likeness (QED) is 0.782. The summed E-state index contributed by atoms with van der Waals surface area (Å²) < 4.78 is 17.4. The van der Waals surface area contributed by atoms with Gasteiger partial charge in [0.15, 0.2) is 0 Å². The Bertz CT molecular complexity index is 281. The fourth-order valence-corrected chi connectivity index (χ4v) is 3.80. The Morgan fingerprint density at radius 2 is 2.05 bits per heavy atom. The summed E-state index contributed by atoms with van der Waals surface area (Å²) in [6, 6.07) is 0.540. The van der Waals surface area contributed by atoms with Crippen LogP contribution in [0.5, 0.6) is 0 Å². The zero-order valence-electron chi connectivity index (χ0n) is 12.1. The Hall–Kier alpha value is -0.160. The van der Waals surface area contributed by atoms with Crippen molar-refractivity contribution < 1.29 is 14.2 Å². The van der Waals surface area contributed by atoms with Gasteiger partial charge in [-0.15, -0.1) is 0 Å². The number of morpholine rings is 1. The maximum atomic E-state index is 5.96. The van der Waals surface area contributed by atoms with Crippen LogP contribution in [-0.4, -0.2) is 62.7 Å². The molecule has 2 saturated heterocycles. The molecule has 19 heavy (non-hydrogen) atoms. The minimum Gasteiger partial charge on any atom is -0.381 e. The van der Waals surface area contributed by atoms with Crippen LogP contribution in [0.2, 0.25) is 0 Å². The summed E-state index contributed by atoms with van der Waals surface area (Å²) in [7, 11) is 1.84. The van der Waals surface area contributed by atoms with Crippen LogP contribution in [0.15, 0.2) is 0 Å². The minimum atomic E-state index is 0.415. The van der Waals surface area contributed by atoms with E-state index in [9.17, 15) is 0 Å². The van der Waals surface area contributed by atoms with Crippen LogP contribution in [0.3, 0.4) is 0 Å². The summed E-state index contributed by atoms with van der Waals surface area (Å²) in [6.07, 6.45) is 8.46. The van der Waals surface area contributed by atoms with Crippen molar-refractivity contribution in [3.63, 3.8) is 0 Å². The molecule has 3 aliphatic rings. The van der Waals surface area contributed by atoms with Gasteiger partial charge < -0.3 is 14.2 Å². The van der Waals surface area contributed by atoms with Crippen LogP contribution < -0.4 is 0 Å². The Balaban J connectivity index is 1.59. The summed E-state index contributed by atoms with van der Waals surface area (Å²) in [4.78, 5) is 2.61. The molecule has 0 bridgehead atoms. The van der Waals surface area contributed by atoms with Crippen LogP contribution in [0, 0.1) is 0 Å². The van der Waals surface area contributed by atoms with E-state index in [0.29, 0.717) is 24.4 Å². The molecule has 3 fully saturated rings. The molecule has 110 valence electrons. The summed E-state index contributed by atoms with van der Waals surface area (Å²) in [5, 5.41) is 0. The molecule has 1 aliphatic carbocycles. The highest BCUT2D eigenvalue weighted by Gasteiger charge is 2.38. The van der Waals surface area contributed by atoms with E-state index >= 15 is 0 Å². The van der Waals surface area contributed by atoms with Gasteiger partial charge >= 0.3 is 0 Å². The van der Waals surface area contributed by atoms with Crippen molar-refractivity contribution >= 4 is 0 Å². The second-order valence-electron chi connectivity index (χ2n) is 6.13. The zero-order valence-corrected chi connectivity index (χ0v) is 12.1. The van der Waals surface area contributed by atoms with Gasteiger partial charge in [-0.1, -0.05) is 0 Å². The molecule has 0 N–H and O–H groups in total. The number of hydrogen-bond acceptors (Lipinski definition) is 4. The lowest BCUT2D eigenvalue weighted by atomic mass is 9.87. The molecule has 4 heteroatoms. The van der Waals surface area contributed by atoms with E-state index in [1.54, 1.807) is 0 Å². The monoisotopic (exact) mass is 269 g/mol. The van der Waals surface area contributed by atoms with Crippen LogP contribution in [0.4, 0.5) is 0 Å². The molecule has 0 unspecified atom stereocenters. The van der Waals surface area contributed by atoms with E-state index in [2.05, 4.69) is 4.90 Å². The molecule has 4 nitrogen and oxygen atoms in total. The lowest BCUT2D eigenvalue weighted by molar-refractivity contribution is -0.126. The first kappa shape index (κ1) is 13.8. The largest absolute Gasteiger partial charge is 0.381 e. The van der Waals surface area contributed by atoms with E-state index in [-0.39, 0.29) is 0 Å². The van der Waals surface area contributed by atoms with E-state index in [0.717, 1.165) is 45.6 Å². The number of ether oxygens (including phenoxy) is 3. The van der Waals surface area contributed by atoms with Crippen LogP contribution in [0.25, 0.3) is 0 Å². The standard InChI is InChI=1S/C15H27NO3/c1-17-12-5-6-15-14(10-12)16(7-9-19-15)11-13-4-2-3-8-18-13/h12-15H,2-11H2,1H3/t12-,13-,14+,15+/m1/s1. The second kappa shape index (κ2) is 6.53. The smallest absolute Gasteiger partial charge is 0.0732 e. The van der Waals surface area contributed by atoms with Crippen molar-refractivity contribution in [1.29, 1.82) is 0 Å². The van der Waals surface area contributed by atoms with Gasteiger partial charge in [-0.25, -0.2) is 0 Å². The fourth-order valence-electron chi connectivity index (χ4n) is 3.80. The van der Waals surface area contributed by atoms with Gasteiger partial charge in [0.05, 0.1) is 24.9 Å². The summed E-state index contributed by atoms with van der Waals surface area (Å²) >= 11 is 0. The van der Waals surface area contributed by atoms with Gasteiger partial charge in [0.1, 0.15) is 0 Å². The normalized spacial score (nSPS) is 40.9. The van der Waals surface area contributed by atoms with E-state index in [4.69, 9.17) is 14.2 Å². The summed E-state index contributed by atoms with van der Waals surface area (Å²) in [5.41, 5.74) is 0. The van der Waals surface area contributed by atoms with Crippen molar-refractivity contribution in [3.8, 4) is 0 Å². The predicted molar refractivity (Wildman–Crippen MR) is 73.3 cm³/mol. The number of hydrogen-bond donors (Lipinski definition) is 0. The van der Waals surface area contributed by atoms with Gasteiger partial charge in [-0.3, -0.25) is 4.90 Å². The molecule has 3 rings (SSSR count). The lowest BCUT2D eigenvalue weighted by Crippen LogP contribution is -2.56. The Labute approximate surface area is 116 Å².